The maximum atomic E-state index is 5.49. The van der Waals surface area contributed by atoms with Crippen molar-refractivity contribution in [2.24, 2.45) is 5.73 Å². The molecule has 0 unspecified atom stereocenters. The molecule has 68 valence electrons. The van der Waals surface area contributed by atoms with Gasteiger partial charge in [0.15, 0.2) is 0 Å². The van der Waals surface area contributed by atoms with Gasteiger partial charge < -0.3 is 5.73 Å². The molecule has 2 rings (SSSR count). The Kier molecular flexibility index (Phi) is 2.44. The minimum Gasteiger partial charge on any atom is -0.325 e. The number of thiophene rings is 1. The lowest BCUT2D eigenvalue weighted by Crippen LogP contribution is -1.95. The number of nitrogens with zero attached hydrogens (tertiary/aromatic N) is 1. The zero-order valence-corrected chi connectivity index (χ0v) is 8.91. The lowest BCUT2D eigenvalue weighted by atomic mass is 10.4. The number of nitrogens with two attached hydrogens (primary N) is 1. The fourth-order valence-electron chi connectivity index (χ4n) is 1.06. The van der Waals surface area contributed by atoms with E-state index in [1.54, 1.807) is 22.7 Å². The summed E-state index contributed by atoms with van der Waals surface area (Å²) in [4.78, 5) is 6.97. The molecule has 0 bridgehead atoms. The minimum atomic E-state index is 0.529. The van der Waals surface area contributed by atoms with Crippen LogP contribution in [0.2, 0.25) is 0 Å². The van der Waals surface area contributed by atoms with Gasteiger partial charge in [-0.1, -0.05) is 0 Å². The maximum absolute atomic E-state index is 5.49. The van der Waals surface area contributed by atoms with Crippen LogP contribution in [-0.2, 0) is 6.54 Å². The highest BCUT2D eigenvalue weighted by atomic mass is 32.1. The normalized spacial score (nSPS) is 10.6. The summed E-state index contributed by atoms with van der Waals surface area (Å²) in [5.74, 6) is 0. The third kappa shape index (κ3) is 1.80. The second kappa shape index (κ2) is 3.57. The molecule has 0 saturated carbocycles. The van der Waals surface area contributed by atoms with Crippen LogP contribution in [0.15, 0.2) is 17.5 Å². The van der Waals surface area contributed by atoms with Gasteiger partial charge in [0, 0.05) is 16.8 Å². The number of thiazole rings is 1. The Balaban J connectivity index is 2.35. The van der Waals surface area contributed by atoms with Crippen molar-refractivity contribution >= 4 is 22.7 Å². The zero-order chi connectivity index (χ0) is 9.26. The number of aryl methyl sites for hydroxylation is 1. The quantitative estimate of drug-likeness (QED) is 0.827. The summed E-state index contributed by atoms with van der Waals surface area (Å²) < 4.78 is 0. The zero-order valence-electron chi connectivity index (χ0n) is 7.28. The van der Waals surface area contributed by atoms with Crippen LogP contribution in [0.5, 0.6) is 0 Å². The van der Waals surface area contributed by atoms with Crippen molar-refractivity contribution in [2.75, 3.05) is 0 Å². The van der Waals surface area contributed by atoms with Crippen LogP contribution in [0.4, 0.5) is 0 Å². The SMILES string of the molecule is Cc1ccc(-c2nc(CN)cs2)s1. The third-order valence-electron chi connectivity index (χ3n) is 1.71. The summed E-state index contributed by atoms with van der Waals surface area (Å²) in [5.41, 5.74) is 6.47. The molecule has 0 amide bonds. The molecule has 0 aliphatic heterocycles. The molecule has 2 aromatic heterocycles. The van der Waals surface area contributed by atoms with Gasteiger partial charge in [0.2, 0.25) is 0 Å². The average Bonchev–Trinajstić information content (AvgIpc) is 2.71. The number of hydrogen-bond acceptors (Lipinski definition) is 4. The number of aromatic nitrogens is 1. The van der Waals surface area contributed by atoms with Crippen molar-refractivity contribution < 1.29 is 0 Å². The molecule has 4 heteroatoms. The van der Waals surface area contributed by atoms with Crippen molar-refractivity contribution in [1.29, 1.82) is 0 Å². The minimum absolute atomic E-state index is 0.529. The maximum Gasteiger partial charge on any atom is 0.133 e. The van der Waals surface area contributed by atoms with Gasteiger partial charge in [0.1, 0.15) is 5.01 Å². The molecule has 2 aromatic rings. The Morgan fingerprint density at radius 2 is 2.31 bits per heavy atom. The number of rotatable bonds is 2. The van der Waals surface area contributed by atoms with Crippen LogP contribution in [0.1, 0.15) is 10.6 Å². The highest BCUT2D eigenvalue weighted by molar-refractivity contribution is 7.21. The molecule has 0 radical (unpaired) electrons. The molecular weight excluding hydrogens is 200 g/mol. The molecule has 0 spiro atoms. The lowest BCUT2D eigenvalue weighted by Gasteiger charge is -1.87. The first kappa shape index (κ1) is 8.87. The van der Waals surface area contributed by atoms with E-state index >= 15 is 0 Å². The third-order valence-corrected chi connectivity index (χ3v) is 3.77. The van der Waals surface area contributed by atoms with E-state index in [9.17, 15) is 0 Å². The molecule has 2 heterocycles. The highest BCUT2D eigenvalue weighted by Gasteiger charge is 2.05. The Hall–Kier alpha value is -0.710. The van der Waals surface area contributed by atoms with Gasteiger partial charge in [-0.3, -0.25) is 0 Å². The molecule has 0 aromatic carbocycles. The van der Waals surface area contributed by atoms with Crippen molar-refractivity contribution in [1.82, 2.24) is 4.98 Å². The van der Waals surface area contributed by atoms with Crippen LogP contribution in [-0.4, -0.2) is 4.98 Å². The molecule has 13 heavy (non-hydrogen) atoms. The van der Waals surface area contributed by atoms with Gasteiger partial charge in [0.25, 0.3) is 0 Å². The average molecular weight is 210 g/mol. The van der Waals surface area contributed by atoms with Crippen LogP contribution >= 0.6 is 22.7 Å². The van der Waals surface area contributed by atoms with E-state index in [1.807, 2.05) is 5.38 Å². The summed E-state index contributed by atoms with van der Waals surface area (Å²) in [6.45, 7) is 2.63. The van der Waals surface area contributed by atoms with Gasteiger partial charge in [-0.2, -0.15) is 0 Å². The predicted molar refractivity (Wildman–Crippen MR) is 58.1 cm³/mol. The summed E-state index contributed by atoms with van der Waals surface area (Å²) in [6.07, 6.45) is 0. The Labute approximate surface area is 85.1 Å². The monoisotopic (exact) mass is 210 g/mol. The summed E-state index contributed by atoms with van der Waals surface area (Å²) in [6, 6.07) is 4.22. The van der Waals surface area contributed by atoms with E-state index < -0.39 is 0 Å². The van der Waals surface area contributed by atoms with Crippen LogP contribution in [0.3, 0.4) is 0 Å². The van der Waals surface area contributed by atoms with Gasteiger partial charge in [-0.15, -0.1) is 22.7 Å². The van der Waals surface area contributed by atoms with Crippen LogP contribution in [0, 0.1) is 6.92 Å². The molecular formula is C9H10N2S2. The van der Waals surface area contributed by atoms with Crippen molar-refractivity contribution in [2.45, 2.75) is 13.5 Å². The first-order valence-electron chi connectivity index (χ1n) is 4.01. The predicted octanol–water partition coefficient (Wildman–Crippen LogP) is 2.64. The second-order valence-electron chi connectivity index (χ2n) is 2.76. The van der Waals surface area contributed by atoms with E-state index in [4.69, 9.17) is 5.73 Å². The standard InChI is InChI=1S/C9H10N2S2/c1-6-2-3-8(13-6)9-11-7(4-10)5-12-9/h2-3,5H,4,10H2,1H3. The summed E-state index contributed by atoms with van der Waals surface area (Å²) >= 11 is 3.43. The second-order valence-corrected chi connectivity index (χ2v) is 4.90. The van der Waals surface area contributed by atoms with E-state index in [0.29, 0.717) is 6.54 Å². The Bertz CT molecular complexity index is 403. The smallest absolute Gasteiger partial charge is 0.133 e. The van der Waals surface area contributed by atoms with Crippen molar-refractivity contribution in [3.8, 4) is 9.88 Å². The van der Waals surface area contributed by atoms with Gasteiger partial charge >= 0.3 is 0 Å². The summed E-state index contributed by atoms with van der Waals surface area (Å²) in [7, 11) is 0. The number of hydrogen-bond donors (Lipinski definition) is 1. The fourth-order valence-corrected chi connectivity index (χ4v) is 2.84. The molecule has 0 saturated heterocycles. The molecule has 0 fully saturated rings. The summed E-state index contributed by atoms with van der Waals surface area (Å²) in [5, 5.41) is 3.10. The Morgan fingerprint density at radius 1 is 1.46 bits per heavy atom. The molecule has 0 aliphatic rings. The van der Waals surface area contributed by atoms with Crippen molar-refractivity contribution in [3.05, 3.63) is 28.1 Å². The largest absolute Gasteiger partial charge is 0.325 e. The Morgan fingerprint density at radius 3 is 2.85 bits per heavy atom. The fraction of sp³-hybridized carbons (Fsp3) is 0.222. The highest BCUT2D eigenvalue weighted by Crippen LogP contribution is 2.29. The van der Waals surface area contributed by atoms with Crippen LogP contribution < -0.4 is 5.73 Å². The lowest BCUT2D eigenvalue weighted by molar-refractivity contribution is 1.01. The first-order valence-corrected chi connectivity index (χ1v) is 5.70. The van der Waals surface area contributed by atoms with Gasteiger partial charge in [-0.25, -0.2) is 4.98 Å². The van der Waals surface area contributed by atoms with E-state index in [-0.39, 0.29) is 0 Å². The molecule has 2 nitrogen and oxygen atoms in total. The first-order chi connectivity index (χ1) is 6.29. The van der Waals surface area contributed by atoms with Gasteiger partial charge in [0.05, 0.1) is 10.6 Å². The molecule has 0 aliphatic carbocycles. The molecule has 0 atom stereocenters. The van der Waals surface area contributed by atoms with E-state index in [2.05, 4.69) is 24.0 Å². The van der Waals surface area contributed by atoms with E-state index in [0.717, 1.165) is 10.7 Å². The molecule has 2 N–H and O–H groups in total. The van der Waals surface area contributed by atoms with Crippen molar-refractivity contribution in [3.63, 3.8) is 0 Å². The topological polar surface area (TPSA) is 38.9 Å². The van der Waals surface area contributed by atoms with Gasteiger partial charge in [-0.05, 0) is 19.1 Å². The van der Waals surface area contributed by atoms with Crippen LogP contribution in [0.25, 0.3) is 9.88 Å². The van der Waals surface area contributed by atoms with E-state index in [1.165, 1.54) is 9.75 Å².